The number of nitrogens with zero attached hydrogens (tertiary/aromatic N) is 2. The van der Waals surface area contributed by atoms with Crippen molar-refractivity contribution in [3.8, 4) is 5.88 Å². The van der Waals surface area contributed by atoms with Crippen molar-refractivity contribution in [2.24, 2.45) is 11.8 Å². The normalized spacial score (nSPS) is 23.7. The fourth-order valence-corrected chi connectivity index (χ4v) is 4.58. The largest absolute Gasteiger partial charge is 0.478 e. The Kier molecular flexibility index (Phi) is 5.54. The number of aromatic amines is 1. The molecule has 140 valence electrons. The summed E-state index contributed by atoms with van der Waals surface area (Å²) in [5, 5.41) is 0.920. The second-order valence-corrected chi connectivity index (χ2v) is 7.86. The van der Waals surface area contributed by atoms with Gasteiger partial charge in [-0.25, -0.2) is 0 Å². The maximum atomic E-state index is 11.4. The zero-order valence-corrected chi connectivity index (χ0v) is 15.5. The van der Waals surface area contributed by atoms with E-state index in [0.717, 1.165) is 23.6 Å². The smallest absolute Gasteiger partial charge is 0.249 e. The van der Waals surface area contributed by atoms with E-state index in [4.69, 9.17) is 4.74 Å². The van der Waals surface area contributed by atoms with Crippen LogP contribution in [0.4, 0.5) is 0 Å². The lowest BCUT2D eigenvalue weighted by molar-refractivity contribution is 0.0848. The SMILES string of the molecule is O=c1ccc2ccc(OCCCCN3CCC4CCCCC4C3)nc2[nH]1. The van der Waals surface area contributed by atoms with Gasteiger partial charge < -0.3 is 14.6 Å². The number of fused-ring (bicyclic) bond motifs is 2. The van der Waals surface area contributed by atoms with Crippen molar-refractivity contribution in [1.82, 2.24) is 14.9 Å². The van der Waals surface area contributed by atoms with Crippen molar-refractivity contribution in [1.29, 1.82) is 0 Å². The summed E-state index contributed by atoms with van der Waals surface area (Å²) in [6.07, 6.45) is 9.41. The maximum absolute atomic E-state index is 11.4. The average molecular weight is 355 g/mol. The summed E-state index contributed by atoms with van der Waals surface area (Å²) >= 11 is 0. The molecule has 2 unspecified atom stereocenters. The van der Waals surface area contributed by atoms with Crippen molar-refractivity contribution < 1.29 is 4.74 Å². The van der Waals surface area contributed by atoms with E-state index in [-0.39, 0.29) is 5.56 Å². The molecule has 5 nitrogen and oxygen atoms in total. The van der Waals surface area contributed by atoms with Gasteiger partial charge in [-0.2, -0.15) is 4.98 Å². The molecule has 2 aliphatic rings. The van der Waals surface area contributed by atoms with Crippen LogP contribution in [0, 0.1) is 11.8 Å². The molecule has 1 saturated heterocycles. The fourth-order valence-electron chi connectivity index (χ4n) is 4.58. The van der Waals surface area contributed by atoms with E-state index < -0.39 is 0 Å². The van der Waals surface area contributed by atoms with E-state index in [1.165, 1.54) is 64.2 Å². The van der Waals surface area contributed by atoms with Gasteiger partial charge in [-0.1, -0.05) is 19.3 Å². The van der Waals surface area contributed by atoms with Gasteiger partial charge in [0, 0.05) is 24.1 Å². The molecular weight excluding hydrogens is 326 g/mol. The minimum Gasteiger partial charge on any atom is -0.478 e. The van der Waals surface area contributed by atoms with Gasteiger partial charge in [-0.15, -0.1) is 0 Å². The lowest BCUT2D eigenvalue weighted by Crippen LogP contribution is -2.42. The van der Waals surface area contributed by atoms with E-state index in [1.807, 2.05) is 12.1 Å². The Hall–Kier alpha value is -1.88. The third kappa shape index (κ3) is 4.26. The first-order valence-corrected chi connectivity index (χ1v) is 10.1. The molecule has 0 spiro atoms. The summed E-state index contributed by atoms with van der Waals surface area (Å²) in [7, 11) is 0. The summed E-state index contributed by atoms with van der Waals surface area (Å²) in [6, 6.07) is 7.09. The van der Waals surface area contributed by atoms with Crippen molar-refractivity contribution in [3.63, 3.8) is 0 Å². The van der Waals surface area contributed by atoms with E-state index in [2.05, 4.69) is 14.9 Å². The average Bonchev–Trinajstić information content (AvgIpc) is 2.67. The molecule has 0 amide bonds. The van der Waals surface area contributed by atoms with E-state index in [0.29, 0.717) is 18.1 Å². The summed E-state index contributed by atoms with van der Waals surface area (Å²) in [4.78, 5) is 21.2. The molecule has 2 atom stereocenters. The Morgan fingerprint density at radius 1 is 1.08 bits per heavy atom. The van der Waals surface area contributed by atoms with Crippen molar-refractivity contribution >= 4 is 11.0 Å². The standard InChI is InChI=1S/C21H29N3O2/c25-19-9-7-17-8-10-20(23-21(17)22-19)26-14-4-3-12-24-13-11-16-5-1-2-6-18(16)15-24/h7-10,16,18H,1-6,11-15H2,(H,22,23,25). The highest BCUT2D eigenvalue weighted by Gasteiger charge is 2.30. The summed E-state index contributed by atoms with van der Waals surface area (Å²) in [5.74, 6) is 2.55. The molecule has 1 saturated carbocycles. The van der Waals surface area contributed by atoms with Crippen LogP contribution in [-0.4, -0.2) is 41.1 Å². The van der Waals surface area contributed by atoms with Crippen LogP contribution >= 0.6 is 0 Å². The molecule has 5 heteroatoms. The molecule has 0 radical (unpaired) electrons. The van der Waals surface area contributed by atoms with Gasteiger partial charge >= 0.3 is 0 Å². The van der Waals surface area contributed by atoms with Gasteiger partial charge in [-0.05, 0) is 62.7 Å². The topological polar surface area (TPSA) is 58.2 Å². The van der Waals surface area contributed by atoms with Crippen molar-refractivity contribution in [2.75, 3.05) is 26.2 Å². The number of pyridine rings is 2. The highest BCUT2D eigenvalue weighted by Crippen LogP contribution is 2.36. The number of unbranched alkanes of at least 4 members (excludes halogenated alkanes) is 1. The molecule has 2 aromatic heterocycles. The third-order valence-corrected chi connectivity index (χ3v) is 6.05. The second-order valence-electron chi connectivity index (χ2n) is 7.86. The Labute approximate surface area is 154 Å². The number of H-pyrrole nitrogens is 1. The number of ether oxygens (including phenoxy) is 1. The van der Waals surface area contributed by atoms with Gasteiger partial charge in [0.25, 0.3) is 0 Å². The van der Waals surface area contributed by atoms with E-state index >= 15 is 0 Å². The van der Waals surface area contributed by atoms with Crippen LogP contribution in [0.25, 0.3) is 11.0 Å². The lowest BCUT2D eigenvalue weighted by Gasteiger charge is -2.41. The third-order valence-electron chi connectivity index (χ3n) is 6.05. The predicted octanol–water partition coefficient (Wildman–Crippen LogP) is 3.59. The second kappa shape index (κ2) is 8.21. The van der Waals surface area contributed by atoms with Crippen molar-refractivity contribution in [2.45, 2.75) is 44.9 Å². The number of aromatic nitrogens is 2. The fraction of sp³-hybridized carbons (Fsp3) is 0.619. The summed E-state index contributed by atoms with van der Waals surface area (Å²) in [6.45, 7) is 4.45. The number of piperidine rings is 1. The summed E-state index contributed by atoms with van der Waals surface area (Å²) < 4.78 is 5.78. The molecule has 2 fully saturated rings. The molecule has 0 aromatic carbocycles. The molecule has 1 aliphatic heterocycles. The molecular formula is C21H29N3O2. The van der Waals surface area contributed by atoms with Crippen LogP contribution in [-0.2, 0) is 0 Å². The number of likely N-dealkylation sites (tertiary alicyclic amines) is 1. The first kappa shape index (κ1) is 17.5. The van der Waals surface area contributed by atoms with Crippen molar-refractivity contribution in [3.05, 3.63) is 34.6 Å². The Morgan fingerprint density at radius 2 is 1.92 bits per heavy atom. The van der Waals surface area contributed by atoms with E-state index in [1.54, 1.807) is 6.07 Å². The number of hydrogen-bond acceptors (Lipinski definition) is 4. The number of nitrogens with one attached hydrogen (secondary N) is 1. The van der Waals surface area contributed by atoms with Crippen LogP contribution in [0.15, 0.2) is 29.1 Å². The van der Waals surface area contributed by atoms with Gasteiger partial charge in [0.05, 0.1) is 6.61 Å². The zero-order chi connectivity index (χ0) is 17.8. The monoisotopic (exact) mass is 355 g/mol. The first-order valence-electron chi connectivity index (χ1n) is 10.1. The van der Waals surface area contributed by atoms with Gasteiger partial charge in [-0.3, -0.25) is 4.79 Å². The number of hydrogen-bond donors (Lipinski definition) is 1. The van der Waals surface area contributed by atoms with E-state index in [9.17, 15) is 4.79 Å². The summed E-state index contributed by atoms with van der Waals surface area (Å²) in [5.41, 5.74) is 0.453. The molecule has 2 aromatic rings. The molecule has 1 aliphatic carbocycles. The quantitative estimate of drug-likeness (QED) is 0.805. The Morgan fingerprint density at radius 3 is 2.85 bits per heavy atom. The van der Waals surface area contributed by atoms with Crippen LogP contribution in [0.3, 0.4) is 0 Å². The minimum atomic E-state index is -0.135. The lowest BCUT2D eigenvalue weighted by atomic mass is 9.75. The molecule has 3 heterocycles. The maximum Gasteiger partial charge on any atom is 0.249 e. The Balaban J connectivity index is 1.19. The predicted molar refractivity (Wildman–Crippen MR) is 104 cm³/mol. The Bertz CT molecular complexity index is 788. The molecule has 26 heavy (non-hydrogen) atoms. The highest BCUT2D eigenvalue weighted by atomic mass is 16.5. The van der Waals surface area contributed by atoms with Gasteiger partial charge in [0.1, 0.15) is 5.65 Å². The first-order chi connectivity index (χ1) is 12.8. The van der Waals surface area contributed by atoms with Crippen LogP contribution < -0.4 is 10.3 Å². The molecule has 1 N–H and O–H groups in total. The minimum absolute atomic E-state index is 0.135. The van der Waals surface area contributed by atoms with Crippen LogP contribution in [0.1, 0.15) is 44.9 Å². The molecule has 4 rings (SSSR count). The van der Waals surface area contributed by atoms with Gasteiger partial charge in [0.2, 0.25) is 11.4 Å². The van der Waals surface area contributed by atoms with Crippen LogP contribution in [0.5, 0.6) is 5.88 Å². The highest BCUT2D eigenvalue weighted by molar-refractivity contribution is 5.74. The zero-order valence-electron chi connectivity index (χ0n) is 15.5. The van der Waals surface area contributed by atoms with Crippen LogP contribution in [0.2, 0.25) is 0 Å². The molecule has 0 bridgehead atoms. The number of rotatable bonds is 6. The van der Waals surface area contributed by atoms with Gasteiger partial charge in [0.15, 0.2) is 0 Å².